The third-order valence-corrected chi connectivity index (χ3v) is 3.71. The van der Waals surface area contributed by atoms with E-state index in [1.165, 1.54) is 6.20 Å². The number of halogens is 3. The van der Waals surface area contributed by atoms with E-state index in [0.717, 1.165) is 16.7 Å². The summed E-state index contributed by atoms with van der Waals surface area (Å²) in [5.74, 6) is 0.838. The predicted molar refractivity (Wildman–Crippen MR) is 73.4 cm³/mol. The highest BCUT2D eigenvalue weighted by atomic mass is 32.1. The van der Waals surface area contributed by atoms with Crippen molar-refractivity contribution in [3.8, 4) is 0 Å². The molecule has 0 spiro atoms. The number of nitrogens with zero attached hydrogens (tertiary/aromatic N) is 3. The molecule has 0 saturated carbocycles. The fraction of sp³-hybridized carbons (Fsp3) is 0.417. The molecule has 0 unspecified atom stereocenters. The lowest BCUT2D eigenvalue weighted by Crippen LogP contribution is -2.22. The van der Waals surface area contributed by atoms with E-state index < -0.39 is 11.9 Å². The smallest absolute Gasteiger partial charge is 0.384 e. The van der Waals surface area contributed by atoms with Crippen LogP contribution in [0.25, 0.3) is 0 Å². The summed E-state index contributed by atoms with van der Waals surface area (Å²) in [7, 11) is 0. The largest absolute Gasteiger partial charge is 0.434 e. The molecule has 0 aliphatic heterocycles. The molecule has 0 saturated heterocycles. The van der Waals surface area contributed by atoms with Crippen LogP contribution in [0.5, 0.6) is 0 Å². The van der Waals surface area contributed by atoms with E-state index in [0.29, 0.717) is 29.6 Å². The molecule has 0 fully saturated rings. The van der Waals surface area contributed by atoms with Crippen LogP contribution >= 0.6 is 11.3 Å². The van der Waals surface area contributed by atoms with Crippen LogP contribution in [0.15, 0.2) is 17.6 Å². The number of thiazole rings is 1. The van der Waals surface area contributed by atoms with E-state index in [1.54, 1.807) is 6.07 Å². The number of anilines is 1. The molecule has 2 aromatic heterocycles. The number of hydrogen-bond donors (Lipinski definition) is 2. The summed E-state index contributed by atoms with van der Waals surface area (Å²) in [5.41, 5.74) is 4.69. The molecule has 0 aromatic carbocycles. The summed E-state index contributed by atoms with van der Waals surface area (Å²) < 4.78 is 37.7. The number of nitrogens with one attached hydrogen (secondary N) is 1. The normalized spacial score (nSPS) is 13.3. The second kappa shape index (κ2) is 6.35. The Kier molecular flexibility index (Phi) is 4.73. The maximum absolute atomic E-state index is 12.6. The van der Waals surface area contributed by atoms with Crippen molar-refractivity contribution in [3.05, 3.63) is 34.2 Å². The van der Waals surface area contributed by atoms with Gasteiger partial charge in [0.25, 0.3) is 0 Å². The molecule has 3 N–H and O–H groups in total. The molecule has 0 aliphatic carbocycles. The van der Waals surface area contributed by atoms with Gasteiger partial charge in [0.15, 0.2) is 5.69 Å². The summed E-state index contributed by atoms with van der Waals surface area (Å²) in [4.78, 5) is 11.7. The summed E-state index contributed by atoms with van der Waals surface area (Å²) in [6, 6.07) is 1.29. The van der Waals surface area contributed by atoms with Gasteiger partial charge in [0.2, 0.25) is 0 Å². The fourth-order valence-electron chi connectivity index (χ4n) is 1.70. The standard InChI is InChI=1S/C12H14F3N5S/c1-2-7(11-19-8(6-21-11)12(13,14)15)18-5-10-17-4-3-9(16)20-10/h3-4,6-7,18H,2,5H2,1H3,(H2,16,17,20)/t7-/m1/s1. The maximum atomic E-state index is 12.6. The average Bonchev–Trinajstić information content (AvgIpc) is 2.89. The van der Waals surface area contributed by atoms with Crippen LogP contribution in [0.1, 0.15) is 35.9 Å². The van der Waals surface area contributed by atoms with Crippen LogP contribution in [0.4, 0.5) is 19.0 Å². The quantitative estimate of drug-likeness (QED) is 0.887. The van der Waals surface area contributed by atoms with E-state index in [1.807, 2.05) is 6.92 Å². The van der Waals surface area contributed by atoms with E-state index in [-0.39, 0.29) is 6.04 Å². The molecule has 2 aromatic rings. The van der Waals surface area contributed by atoms with E-state index >= 15 is 0 Å². The Morgan fingerprint density at radius 1 is 1.38 bits per heavy atom. The van der Waals surface area contributed by atoms with Crippen LogP contribution in [-0.4, -0.2) is 15.0 Å². The molecular formula is C12H14F3N5S. The first-order valence-electron chi connectivity index (χ1n) is 6.23. The second-order valence-electron chi connectivity index (χ2n) is 4.31. The molecule has 5 nitrogen and oxygen atoms in total. The van der Waals surface area contributed by atoms with Crippen LogP contribution in [-0.2, 0) is 12.7 Å². The Labute approximate surface area is 123 Å². The lowest BCUT2D eigenvalue weighted by molar-refractivity contribution is -0.140. The van der Waals surface area contributed by atoms with Gasteiger partial charge in [-0.05, 0) is 12.5 Å². The van der Waals surface area contributed by atoms with Gasteiger partial charge in [0, 0.05) is 11.6 Å². The van der Waals surface area contributed by atoms with Gasteiger partial charge in [-0.15, -0.1) is 11.3 Å². The molecule has 1 atom stereocenters. The van der Waals surface area contributed by atoms with Crippen LogP contribution in [0.2, 0.25) is 0 Å². The van der Waals surface area contributed by atoms with Crippen molar-refractivity contribution in [1.29, 1.82) is 0 Å². The summed E-state index contributed by atoms with van der Waals surface area (Å²) in [6.07, 6.45) is -2.28. The van der Waals surface area contributed by atoms with Crippen molar-refractivity contribution in [3.63, 3.8) is 0 Å². The number of rotatable bonds is 5. The first-order chi connectivity index (χ1) is 9.90. The van der Waals surface area contributed by atoms with Crippen LogP contribution < -0.4 is 11.1 Å². The third kappa shape index (κ3) is 4.11. The van der Waals surface area contributed by atoms with Crippen molar-refractivity contribution in [1.82, 2.24) is 20.3 Å². The van der Waals surface area contributed by atoms with Gasteiger partial charge in [0.05, 0.1) is 12.6 Å². The van der Waals surface area contributed by atoms with Crippen molar-refractivity contribution in [2.45, 2.75) is 32.1 Å². The van der Waals surface area contributed by atoms with E-state index in [9.17, 15) is 13.2 Å². The highest BCUT2D eigenvalue weighted by Gasteiger charge is 2.34. The summed E-state index contributed by atoms with van der Waals surface area (Å²) in [6.45, 7) is 2.18. The molecular weight excluding hydrogens is 303 g/mol. The zero-order valence-corrected chi connectivity index (χ0v) is 12.0. The topological polar surface area (TPSA) is 76.7 Å². The van der Waals surface area contributed by atoms with E-state index in [4.69, 9.17) is 5.73 Å². The van der Waals surface area contributed by atoms with E-state index in [2.05, 4.69) is 20.3 Å². The van der Waals surface area contributed by atoms with Gasteiger partial charge in [0.1, 0.15) is 16.6 Å². The number of aromatic nitrogens is 3. The number of alkyl halides is 3. The number of nitrogen functional groups attached to an aromatic ring is 1. The van der Waals surface area contributed by atoms with Crippen LogP contribution in [0, 0.1) is 0 Å². The van der Waals surface area contributed by atoms with Gasteiger partial charge in [-0.3, -0.25) is 0 Å². The summed E-state index contributed by atoms with van der Waals surface area (Å²) in [5, 5.41) is 4.52. The summed E-state index contributed by atoms with van der Waals surface area (Å²) >= 11 is 0.988. The minimum Gasteiger partial charge on any atom is -0.384 e. The molecule has 0 bridgehead atoms. The van der Waals surface area contributed by atoms with Crippen LogP contribution in [0.3, 0.4) is 0 Å². The molecule has 114 valence electrons. The van der Waals surface area contributed by atoms with Crippen molar-refractivity contribution in [2.75, 3.05) is 5.73 Å². The molecule has 21 heavy (non-hydrogen) atoms. The first kappa shape index (κ1) is 15.6. The Morgan fingerprint density at radius 2 is 2.14 bits per heavy atom. The molecule has 0 radical (unpaired) electrons. The van der Waals surface area contributed by atoms with Crippen molar-refractivity contribution in [2.24, 2.45) is 0 Å². The molecule has 2 rings (SSSR count). The minimum atomic E-state index is -4.41. The fourth-order valence-corrected chi connectivity index (χ4v) is 2.68. The zero-order chi connectivity index (χ0) is 15.5. The second-order valence-corrected chi connectivity index (χ2v) is 5.20. The lowest BCUT2D eigenvalue weighted by Gasteiger charge is -2.13. The Hall–Kier alpha value is -1.74. The monoisotopic (exact) mass is 317 g/mol. The number of hydrogen-bond acceptors (Lipinski definition) is 6. The first-order valence-corrected chi connectivity index (χ1v) is 7.11. The van der Waals surface area contributed by atoms with Gasteiger partial charge in [-0.1, -0.05) is 6.92 Å². The number of nitrogens with two attached hydrogens (primary N) is 1. The SMILES string of the molecule is CC[C@@H](NCc1nccc(N)n1)c1nc(C(F)(F)F)cs1. The maximum Gasteiger partial charge on any atom is 0.434 e. The van der Waals surface area contributed by atoms with Gasteiger partial charge in [-0.25, -0.2) is 15.0 Å². The van der Waals surface area contributed by atoms with Gasteiger partial charge < -0.3 is 11.1 Å². The Bertz CT molecular complexity index is 599. The molecule has 0 amide bonds. The molecule has 2 heterocycles. The molecule has 0 aliphatic rings. The highest BCUT2D eigenvalue weighted by Crippen LogP contribution is 2.32. The zero-order valence-electron chi connectivity index (χ0n) is 11.2. The van der Waals surface area contributed by atoms with Gasteiger partial charge in [-0.2, -0.15) is 13.2 Å². The van der Waals surface area contributed by atoms with Gasteiger partial charge >= 0.3 is 6.18 Å². The minimum absolute atomic E-state index is 0.281. The Morgan fingerprint density at radius 3 is 2.71 bits per heavy atom. The van der Waals surface area contributed by atoms with Crippen molar-refractivity contribution >= 4 is 17.2 Å². The Balaban J connectivity index is 2.05. The van der Waals surface area contributed by atoms with Crippen molar-refractivity contribution < 1.29 is 13.2 Å². The lowest BCUT2D eigenvalue weighted by atomic mass is 10.2. The highest BCUT2D eigenvalue weighted by molar-refractivity contribution is 7.09. The molecule has 9 heteroatoms. The average molecular weight is 317 g/mol. The predicted octanol–water partition coefficient (Wildman–Crippen LogP) is 2.78. The third-order valence-electron chi connectivity index (χ3n) is 2.75.